The zero-order valence-electron chi connectivity index (χ0n) is 9.30. The first-order valence-electron chi connectivity index (χ1n) is 4.86. The normalized spacial score (nSPS) is 12.1. The number of nitrogens with zero attached hydrogens (tertiary/aromatic N) is 3. The molecule has 7 nitrogen and oxygen atoms in total. The fourth-order valence-corrected chi connectivity index (χ4v) is 1.98. The smallest absolute Gasteiger partial charge is 0.357 e. The molecule has 90 valence electrons. The van der Waals surface area contributed by atoms with Crippen LogP contribution in [0, 0.1) is 0 Å². The zero-order valence-corrected chi connectivity index (χ0v) is 10.1. The average molecular weight is 253 g/mol. The lowest BCUT2D eigenvalue weighted by molar-refractivity contribution is 0.0595. The van der Waals surface area contributed by atoms with Crippen molar-refractivity contribution in [3.63, 3.8) is 0 Å². The van der Waals surface area contributed by atoms with Gasteiger partial charge in [-0.15, -0.1) is 11.3 Å². The Balaban J connectivity index is 2.04. The van der Waals surface area contributed by atoms with Gasteiger partial charge in [-0.05, 0) is 6.92 Å². The molecule has 1 atom stereocenters. The molecule has 0 saturated carbocycles. The molecule has 0 fully saturated rings. The van der Waals surface area contributed by atoms with Crippen molar-refractivity contribution in [2.45, 2.75) is 13.0 Å². The highest BCUT2D eigenvalue weighted by Gasteiger charge is 2.13. The highest BCUT2D eigenvalue weighted by atomic mass is 32.1. The summed E-state index contributed by atoms with van der Waals surface area (Å²) in [7, 11) is 1.33. The number of aromatic nitrogens is 4. The van der Waals surface area contributed by atoms with Gasteiger partial charge in [-0.3, -0.25) is 5.10 Å². The number of carbonyl (C=O) groups excluding carboxylic acids is 1. The highest BCUT2D eigenvalue weighted by Crippen LogP contribution is 2.20. The Bertz CT molecular complexity index is 495. The van der Waals surface area contributed by atoms with Gasteiger partial charge in [0.05, 0.1) is 13.2 Å². The van der Waals surface area contributed by atoms with Gasteiger partial charge >= 0.3 is 5.97 Å². The Morgan fingerprint density at radius 3 is 3.12 bits per heavy atom. The summed E-state index contributed by atoms with van der Waals surface area (Å²) in [4.78, 5) is 19.3. The van der Waals surface area contributed by atoms with Crippen molar-refractivity contribution in [3.8, 4) is 0 Å². The highest BCUT2D eigenvalue weighted by molar-refractivity contribution is 7.13. The number of aromatic amines is 1. The van der Waals surface area contributed by atoms with E-state index in [0.29, 0.717) is 16.6 Å². The maximum absolute atomic E-state index is 11.2. The van der Waals surface area contributed by atoms with Crippen LogP contribution >= 0.6 is 11.3 Å². The lowest BCUT2D eigenvalue weighted by Crippen LogP contribution is -2.09. The van der Waals surface area contributed by atoms with Gasteiger partial charge in [0.25, 0.3) is 0 Å². The number of methoxy groups -OCH3 is 1. The van der Waals surface area contributed by atoms with E-state index in [1.165, 1.54) is 24.8 Å². The van der Waals surface area contributed by atoms with Gasteiger partial charge in [0.15, 0.2) is 10.8 Å². The number of H-pyrrole nitrogens is 1. The molecule has 1 unspecified atom stereocenters. The predicted octanol–water partition coefficient (Wildman–Crippen LogP) is 1.22. The van der Waals surface area contributed by atoms with Crippen LogP contribution in [0.5, 0.6) is 0 Å². The van der Waals surface area contributed by atoms with Crippen LogP contribution in [0.4, 0.5) is 5.13 Å². The Morgan fingerprint density at radius 1 is 1.65 bits per heavy atom. The van der Waals surface area contributed by atoms with E-state index in [9.17, 15) is 4.79 Å². The third-order valence-corrected chi connectivity index (χ3v) is 2.86. The van der Waals surface area contributed by atoms with Crippen LogP contribution < -0.4 is 5.32 Å². The van der Waals surface area contributed by atoms with E-state index in [0.717, 1.165) is 0 Å². The van der Waals surface area contributed by atoms with Gasteiger partial charge in [0, 0.05) is 5.38 Å². The van der Waals surface area contributed by atoms with Crippen LogP contribution in [-0.4, -0.2) is 33.2 Å². The molecule has 0 aliphatic carbocycles. The lowest BCUT2D eigenvalue weighted by atomic mass is 10.3. The molecular weight excluding hydrogens is 242 g/mol. The summed E-state index contributed by atoms with van der Waals surface area (Å²) >= 11 is 1.33. The quantitative estimate of drug-likeness (QED) is 0.796. The van der Waals surface area contributed by atoms with Gasteiger partial charge in [-0.2, -0.15) is 5.10 Å². The topological polar surface area (TPSA) is 92.8 Å². The minimum absolute atomic E-state index is 0.0610. The molecule has 8 heteroatoms. The molecule has 2 aromatic rings. The Kier molecular flexibility index (Phi) is 3.33. The largest absolute Gasteiger partial charge is 0.464 e. The molecule has 0 amide bonds. The van der Waals surface area contributed by atoms with Crippen LogP contribution in [0.15, 0.2) is 11.7 Å². The van der Waals surface area contributed by atoms with Crippen molar-refractivity contribution in [1.82, 2.24) is 20.2 Å². The summed E-state index contributed by atoms with van der Waals surface area (Å²) in [5.41, 5.74) is 0.296. The van der Waals surface area contributed by atoms with Crippen molar-refractivity contribution in [2.75, 3.05) is 12.4 Å². The Hall–Kier alpha value is -1.96. The van der Waals surface area contributed by atoms with Crippen molar-refractivity contribution >= 4 is 22.4 Å². The van der Waals surface area contributed by atoms with Crippen molar-refractivity contribution in [2.24, 2.45) is 0 Å². The standard InChI is InChI=1S/C9H11N5O2S/c1-5(7-10-4-11-14-7)12-9-13-6(3-17-9)8(15)16-2/h3-5H,1-2H3,(H,12,13)(H,10,11,14). The van der Waals surface area contributed by atoms with E-state index < -0.39 is 5.97 Å². The summed E-state index contributed by atoms with van der Waals surface area (Å²) in [5, 5.41) is 11.9. The Labute approximate surface area is 101 Å². The number of ether oxygens (including phenoxy) is 1. The number of anilines is 1. The third kappa shape index (κ3) is 2.59. The number of rotatable bonds is 4. The fraction of sp³-hybridized carbons (Fsp3) is 0.333. The molecule has 0 aliphatic rings. The number of nitrogens with one attached hydrogen (secondary N) is 2. The van der Waals surface area contributed by atoms with E-state index in [2.05, 4.69) is 30.2 Å². The van der Waals surface area contributed by atoms with E-state index >= 15 is 0 Å². The van der Waals surface area contributed by atoms with Crippen molar-refractivity contribution in [3.05, 3.63) is 23.2 Å². The molecule has 0 aromatic carbocycles. The molecule has 2 N–H and O–H groups in total. The summed E-state index contributed by atoms with van der Waals surface area (Å²) < 4.78 is 4.58. The van der Waals surface area contributed by atoms with Gasteiger partial charge < -0.3 is 10.1 Å². The Morgan fingerprint density at radius 2 is 2.47 bits per heavy atom. The van der Waals surface area contributed by atoms with Gasteiger partial charge in [-0.1, -0.05) is 0 Å². The molecule has 0 radical (unpaired) electrons. The van der Waals surface area contributed by atoms with Crippen molar-refractivity contribution < 1.29 is 9.53 Å². The average Bonchev–Trinajstić information content (AvgIpc) is 2.98. The van der Waals surface area contributed by atoms with Crippen LogP contribution in [-0.2, 0) is 4.74 Å². The number of carbonyl (C=O) groups is 1. The third-order valence-electron chi connectivity index (χ3n) is 2.08. The second-order valence-corrected chi connectivity index (χ2v) is 4.12. The van der Waals surface area contributed by atoms with Crippen LogP contribution in [0.3, 0.4) is 0 Å². The minimum atomic E-state index is -0.443. The maximum Gasteiger partial charge on any atom is 0.357 e. The lowest BCUT2D eigenvalue weighted by Gasteiger charge is -2.08. The summed E-state index contributed by atoms with van der Waals surface area (Å²) in [6.45, 7) is 1.92. The number of hydrogen-bond acceptors (Lipinski definition) is 7. The fourth-order valence-electron chi connectivity index (χ4n) is 1.22. The maximum atomic E-state index is 11.2. The molecule has 17 heavy (non-hydrogen) atoms. The monoisotopic (exact) mass is 253 g/mol. The molecule has 2 aromatic heterocycles. The van der Waals surface area contributed by atoms with E-state index in [4.69, 9.17) is 0 Å². The van der Waals surface area contributed by atoms with Gasteiger partial charge in [0.1, 0.15) is 12.2 Å². The van der Waals surface area contributed by atoms with Crippen LogP contribution in [0.25, 0.3) is 0 Å². The molecule has 0 aliphatic heterocycles. The molecular formula is C9H11N5O2S. The number of hydrogen-bond donors (Lipinski definition) is 2. The van der Waals surface area contributed by atoms with E-state index in [1.54, 1.807) is 5.38 Å². The molecule has 2 heterocycles. The molecule has 0 saturated heterocycles. The predicted molar refractivity (Wildman–Crippen MR) is 61.9 cm³/mol. The SMILES string of the molecule is COC(=O)c1csc(NC(C)c2ncn[nH]2)n1. The molecule has 0 spiro atoms. The second-order valence-electron chi connectivity index (χ2n) is 3.27. The summed E-state index contributed by atoms with van der Waals surface area (Å²) in [5.74, 6) is 0.265. The van der Waals surface area contributed by atoms with Crippen molar-refractivity contribution in [1.29, 1.82) is 0 Å². The van der Waals surface area contributed by atoms with Gasteiger partial charge in [0.2, 0.25) is 0 Å². The second kappa shape index (κ2) is 4.91. The van der Waals surface area contributed by atoms with E-state index in [1.807, 2.05) is 6.92 Å². The van der Waals surface area contributed by atoms with E-state index in [-0.39, 0.29) is 6.04 Å². The molecule has 0 bridgehead atoms. The zero-order chi connectivity index (χ0) is 12.3. The van der Waals surface area contributed by atoms with Gasteiger partial charge in [-0.25, -0.2) is 14.8 Å². The van der Waals surface area contributed by atoms with Crippen LogP contribution in [0.2, 0.25) is 0 Å². The first kappa shape index (κ1) is 11.5. The number of thiazole rings is 1. The first-order valence-corrected chi connectivity index (χ1v) is 5.74. The molecule has 2 rings (SSSR count). The summed E-state index contributed by atoms with van der Waals surface area (Å²) in [6.07, 6.45) is 1.44. The summed E-state index contributed by atoms with van der Waals surface area (Å²) in [6, 6.07) is -0.0610. The van der Waals surface area contributed by atoms with Crippen LogP contribution in [0.1, 0.15) is 29.3 Å². The first-order chi connectivity index (χ1) is 8.20. The number of esters is 1. The minimum Gasteiger partial charge on any atom is -0.464 e.